The number of nitrogens with one attached hydrogen (secondary N) is 2. The fourth-order valence-electron chi connectivity index (χ4n) is 2.54. The summed E-state index contributed by atoms with van der Waals surface area (Å²) in [6.07, 6.45) is -0.192. The van der Waals surface area contributed by atoms with Crippen molar-refractivity contribution in [2.45, 2.75) is 32.6 Å². The monoisotopic (exact) mass is 368 g/mol. The summed E-state index contributed by atoms with van der Waals surface area (Å²) >= 11 is 0. The number of aliphatic carboxylic acids is 1. The van der Waals surface area contributed by atoms with E-state index in [1.165, 1.54) is 0 Å². The van der Waals surface area contributed by atoms with Crippen molar-refractivity contribution in [3.63, 3.8) is 0 Å². The van der Waals surface area contributed by atoms with Gasteiger partial charge in [-0.3, -0.25) is 14.4 Å². The lowest BCUT2D eigenvalue weighted by molar-refractivity contribution is -0.136. The highest BCUT2D eigenvalue weighted by Gasteiger charge is 2.15. The van der Waals surface area contributed by atoms with Gasteiger partial charge in [0.2, 0.25) is 5.91 Å². The number of carbonyl (C=O) groups is 3. The summed E-state index contributed by atoms with van der Waals surface area (Å²) in [5.74, 6) is -1.75. The Morgan fingerprint density at radius 3 is 2.19 bits per heavy atom. The van der Waals surface area contributed by atoms with Crippen molar-refractivity contribution in [2.24, 2.45) is 0 Å². The highest BCUT2D eigenvalue weighted by atomic mass is 16.4. The van der Waals surface area contributed by atoms with Crippen LogP contribution in [-0.4, -0.2) is 29.4 Å². The molecule has 2 aromatic rings. The van der Waals surface area contributed by atoms with Crippen molar-refractivity contribution in [2.75, 3.05) is 11.9 Å². The van der Waals surface area contributed by atoms with Crippen LogP contribution in [0.15, 0.2) is 48.5 Å². The first-order chi connectivity index (χ1) is 12.7. The maximum Gasteiger partial charge on any atom is 0.307 e. The topological polar surface area (TPSA) is 95.5 Å². The Kier molecular flexibility index (Phi) is 6.34. The lowest BCUT2D eigenvalue weighted by Gasteiger charge is -2.19. The maximum absolute atomic E-state index is 12.2. The fraction of sp³-hybridized carbons (Fsp3) is 0.286. The van der Waals surface area contributed by atoms with Crippen molar-refractivity contribution < 1.29 is 19.5 Å². The normalized spacial score (nSPS) is 10.9. The van der Waals surface area contributed by atoms with E-state index in [1.54, 1.807) is 36.4 Å². The first kappa shape index (κ1) is 20.2. The van der Waals surface area contributed by atoms with E-state index in [1.807, 2.05) is 12.1 Å². The second kappa shape index (κ2) is 8.49. The van der Waals surface area contributed by atoms with Crippen LogP contribution < -0.4 is 10.6 Å². The molecule has 2 aromatic carbocycles. The van der Waals surface area contributed by atoms with Gasteiger partial charge in [0, 0.05) is 11.3 Å². The van der Waals surface area contributed by atoms with E-state index in [-0.39, 0.29) is 24.3 Å². The molecule has 0 saturated heterocycles. The third kappa shape index (κ3) is 5.95. The Bertz CT molecular complexity index is 836. The minimum absolute atomic E-state index is 0.00175. The van der Waals surface area contributed by atoms with Crippen LogP contribution in [0.1, 0.15) is 42.3 Å². The summed E-state index contributed by atoms with van der Waals surface area (Å²) in [7, 11) is 0. The number of rotatable bonds is 6. The summed E-state index contributed by atoms with van der Waals surface area (Å²) in [5.41, 5.74) is 2.52. The minimum atomic E-state index is -0.983. The zero-order valence-electron chi connectivity index (χ0n) is 15.7. The van der Waals surface area contributed by atoms with E-state index < -0.39 is 11.9 Å². The summed E-state index contributed by atoms with van der Waals surface area (Å²) < 4.78 is 0. The third-order valence-corrected chi connectivity index (χ3v) is 4.06. The van der Waals surface area contributed by atoms with Crippen LogP contribution in [0, 0.1) is 0 Å². The smallest absolute Gasteiger partial charge is 0.307 e. The molecule has 27 heavy (non-hydrogen) atoms. The average Bonchev–Trinajstić information content (AvgIpc) is 2.60. The molecule has 2 rings (SSSR count). The third-order valence-electron chi connectivity index (χ3n) is 4.06. The summed E-state index contributed by atoms with van der Waals surface area (Å²) in [4.78, 5) is 35.2. The first-order valence-corrected chi connectivity index (χ1v) is 8.65. The number of amides is 2. The Balaban J connectivity index is 1.94. The van der Waals surface area contributed by atoms with E-state index in [0.29, 0.717) is 16.8 Å². The van der Waals surface area contributed by atoms with Gasteiger partial charge in [-0.2, -0.15) is 0 Å². The summed E-state index contributed by atoms with van der Waals surface area (Å²) in [5, 5.41) is 14.1. The number of carbonyl (C=O) groups excluding carboxylic acids is 2. The van der Waals surface area contributed by atoms with Crippen LogP contribution >= 0.6 is 0 Å². The second-order valence-electron chi connectivity index (χ2n) is 7.29. The largest absolute Gasteiger partial charge is 0.481 e. The second-order valence-corrected chi connectivity index (χ2v) is 7.29. The highest BCUT2D eigenvalue weighted by Crippen LogP contribution is 2.22. The molecule has 2 amide bonds. The van der Waals surface area contributed by atoms with Crippen LogP contribution in [0.3, 0.4) is 0 Å². The van der Waals surface area contributed by atoms with Crippen LogP contribution in [0.4, 0.5) is 5.69 Å². The van der Waals surface area contributed by atoms with Gasteiger partial charge in [-0.05, 0) is 34.7 Å². The number of hydrogen-bond acceptors (Lipinski definition) is 3. The number of benzene rings is 2. The summed E-state index contributed by atoms with van der Waals surface area (Å²) in [6, 6.07) is 13.9. The molecule has 0 radical (unpaired) electrons. The van der Waals surface area contributed by atoms with E-state index >= 15 is 0 Å². The van der Waals surface area contributed by atoms with Crippen molar-refractivity contribution in [3.05, 3.63) is 65.2 Å². The number of hydrogen-bond donors (Lipinski definition) is 3. The Hall–Kier alpha value is -3.15. The predicted molar refractivity (Wildman–Crippen MR) is 104 cm³/mol. The molecule has 6 nitrogen and oxygen atoms in total. The molecule has 0 atom stereocenters. The lowest BCUT2D eigenvalue weighted by Crippen LogP contribution is -2.33. The van der Waals surface area contributed by atoms with E-state index in [9.17, 15) is 14.4 Å². The van der Waals surface area contributed by atoms with Crippen molar-refractivity contribution in [1.29, 1.82) is 0 Å². The van der Waals surface area contributed by atoms with Gasteiger partial charge in [0.25, 0.3) is 5.91 Å². The standard InChI is InChI=1S/C21H24N2O4/c1-21(2,3)16-10-8-14(9-11-16)20(27)22-13-18(24)23-17-7-5-4-6-15(17)12-19(25)26/h4-11H,12-13H2,1-3H3,(H,22,27)(H,23,24)(H,25,26). The fourth-order valence-corrected chi connectivity index (χ4v) is 2.54. The highest BCUT2D eigenvalue weighted by molar-refractivity contribution is 5.99. The van der Waals surface area contributed by atoms with Crippen LogP contribution in [0.2, 0.25) is 0 Å². The predicted octanol–water partition coefficient (Wildman–Crippen LogP) is 2.98. The first-order valence-electron chi connectivity index (χ1n) is 8.65. The molecule has 6 heteroatoms. The molecule has 0 aliphatic heterocycles. The summed E-state index contributed by atoms with van der Waals surface area (Å²) in [6.45, 7) is 6.07. The van der Waals surface area contributed by atoms with Gasteiger partial charge in [-0.25, -0.2) is 0 Å². The molecular formula is C21H24N2O4. The van der Waals surface area contributed by atoms with Gasteiger partial charge in [0.05, 0.1) is 13.0 Å². The van der Waals surface area contributed by atoms with Gasteiger partial charge in [0.1, 0.15) is 0 Å². The van der Waals surface area contributed by atoms with Crippen molar-refractivity contribution >= 4 is 23.5 Å². The zero-order valence-corrected chi connectivity index (χ0v) is 15.7. The van der Waals surface area contributed by atoms with Gasteiger partial charge in [0.15, 0.2) is 0 Å². The Morgan fingerprint density at radius 1 is 0.963 bits per heavy atom. The van der Waals surface area contributed by atoms with E-state index in [0.717, 1.165) is 5.56 Å². The van der Waals surface area contributed by atoms with Crippen LogP contribution in [-0.2, 0) is 21.4 Å². The minimum Gasteiger partial charge on any atom is -0.481 e. The molecule has 142 valence electrons. The number of carboxylic acid groups (broad SMARTS) is 1. The van der Waals surface area contributed by atoms with Crippen molar-refractivity contribution in [1.82, 2.24) is 5.32 Å². The SMILES string of the molecule is CC(C)(C)c1ccc(C(=O)NCC(=O)Nc2ccccc2CC(=O)O)cc1. The number of anilines is 1. The molecule has 0 unspecified atom stereocenters. The van der Waals surface area contributed by atoms with Gasteiger partial charge in [-0.15, -0.1) is 0 Å². The van der Waals surface area contributed by atoms with Crippen LogP contribution in [0.25, 0.3) is 0 Å². The molecule has 0 aliphatic rings. The average molecular weight is 368 g/mol. The molecule has 0 bridgehead atoms. The molecule has 0 aliphatic carbocycles. The van der Waals surface area contributed by atoms with E-state index in [4.69, 9.17) is 5.11 Å². The molecule has 3 N–H and O–H groups in total. The van der Waals surface area contributed by atoms with Crippen LogP contribution in [0.5, 0.6) is 0 Å². The molecule has 0 spiro atoms. The Morgan fingerprint density at radius 2 is 1.59 bits per heavy atom. The number of para-hydroxylation sites is 1. The van der Waals surface area contributed by atoms with Crippen molar-refractivity contribution in [3.8, 4) is 0 Å². The molecule has 0 aromatic heterocycles. The zero-order chi connectivity index (χ0) is 20.0. The number of carboxylic acids is 1. The van der Waals surface area contributed by atoms with Gasteiger partial charge >= 0.3 is 5.97 Å². The molecule has 0 heterocycles. The van der Waals surface area contributed by atoms with E-state index in [2.05, 4.69) is 31.4 Å². The maximum atomic E-state index is 12.2. The van der Waals surface area contributed by atoms with Gasteiger partial charge in [-0.1, -0.05) is 51.1 Å². The quantitative estimate of drug-likeness (QED) is 0.730. The molecule has 0 saturated carbocycles. The lowest BCUT2D eigenvalue weighted by atomic mass is 9.87. The molecular weight excluding hydrogens is 344 g/mol. The Labute approximate surface area is 158 Å². The van der Waals surface area contributed by atoms with Gasteiger partial charge < -0.3 is 15.7 Å². The molecule has 0 fully saturated rings.